The van der Waals surface area contributed by atoms with Crippen LogP contribution in [0.3, 0.4) is 0 Å². The minimum absolute atomic E-state index is 0.115. The Morgan fingerprint density at radius 3 is 2.55 bits per heavy atom. The van der Waals surface area contributed by atoms with Crippen LogP contribution in [0, 0.1) is 0 Å². The molecule has 0 aliphatic heterocycles. The van der Waals surface area contributed by atoms with Crippen molar-refractivity contribution >= 4 is 17.4 Å². The predicted octanol–water partition coefficient (Wildman–Crippen LogP) is 1.86. The molecular formula is C14H12N4OS. The summed E-state index contributed by atoms with van der Waals surface area (Å²) in [4.78, 5) is 21.4. The quantitative estimate of drug-likeness (QED) is 0.721. The number of hydrogen-bond donors (Lipinski definition) is 0. The van der Waals surface area contributed by atoms with E-state index < -0.39 is 0 Å². The number of benzene rings is 1. The van der Waals surface area contributed by atoms with E-state index in [0.29, 0.717) is 10.6 Å². The van der Waals surface area contributed by atoms with Gasteiger partial charge in [-0.3, -0.25) is 4.57 Å². The minimum atomic E-state index is -0.115. The van der Waals surface area contributed by atoms with E-state index >= 15 is 0 Å². The predicted molar refractivity (Wildman–Crippen MR) is 78.3 cm³/mol. The Labute approximate surface area is 119 Å². The van der Waals surface area contributed by atoms with Gasteiger partial charge in [0.1, 0.15) is 0 Å². The largest absolute Gasteiger partial charge is 0.344 e. The first-order valence-corrected chi connectivity index (χ1v) is 6.83. The third-order valence-corrected chi connectivity index (χ3v) is 3.85. The lowest BCUT2D eigenvalue weighted by molar-refractivity contribution is 0.790. The van der Waals surface area contributed by atoms with Crippen molar-refractivity contribution in [2.24, 2.45) is 12.0 Å². The highest BCUT2D eigenvalue weighted by molar-refractivity contribution is 7.03. The van der Waals surface area contributed by atoms with Crippen LogP contribution < -0.4 is 10.5 Å². The van der Waals surface area contributed by atoms with Crippen molar-refractivity contribution in [1.82, 2.24) is 13.5 Å². The van der Waals surface area contributed by atoms with E-state index in [-0.39, 0.29) is 5.69 Å². The highest BCUT2D eigenvalue weighted by Crippen LogP contribution is 2.07. The summed E-state index contributed by atoms with van der Waals surface area (Å²) in [6.07, 6.45) is 1.68. The first-order chi connectivity index (χ1) is 9.75. The summed E-state index contributed by atoms with van der Waals surface area (Å²) in [6, 6.07) is 15.0. The molecule has 6 heteroatoms. The van der Waals surface area contributed by atoms with Gasteiger partial charge in [0.15, 0.2) is 5.82 Å². The molecule has 0 bridgehead atoms. The summed E-state index contributed by atoms with van der Waals surface area (Å²) in [5.74, 6) is 0.588. The van der Waals surface area contributed by atoms with Crippen LogP contribution in [-0.4, -0.2) is 13.5 Å². The highest BCUT2D eigenvalue weighted by Gasteiger charge is 2.07. The van der Waals surface area contributed by atoms with Gasteiger partial charge in [-0.1, -0.05) is 24.3 Å². The Balaban J connectivity index is 2.17. The highest BCUT2D eigenvalue weighted by atomic mass is 32.1. The average Bonchev–Trinajstić information content (AvgIpc) is 2.78. The molecule has 0 spiro atoms. The SMILES string of the molecule is Cn1c(=O)n(-c2ccccc2)s/c1=N/c1ccccn1. The number of hydrogen-bond acceptors (Lipinski definition) is 4. The van der Waals surface area contributed by atoms with Crippen molar-refractivity contribution in [3.63, 3.8) is 0 Å². The van der Waals surface area contributed by atoms with Crippen LogP contribution >= 0.6 is 11.5 Å². The molecule has 0 fully saturated rings. The molecule has 3 aromatic rings. The fourth-order valence-electron chi connectivity index (χ4n) is 1.74. The van der Waals surface area contributed by atoms with Gasteiger partial charge in [0.05, 0.1) is 5.69 Å². The monoisotopic (exact) mass is 284 g/mol. The van der Waals surface area contributed by atoms with Crippen LogP contribution in [0.25, 0.3) is 5.69 Å². The molecule has 1 aromatic carbocycles. The molecule has 0 radical (unpaired) electrons. The Kier molecular flexibility index (Phi) is 3.30. The lowest BCUT2D eigenvalue weighted by atomic mass is 10.3. The summed E-state index contributed by atoms with van der Waals surface area (Å²) < 4.78 is 3.13. The summed E-state index contributed by atoms with van der Waals surface area (Å²) in [6.45, 7) is 0. The van der Waals surface area contributed by atoms with Crippen LogP contribution in [0.4, 0.5) is 5.82 Å². The first kappa shape index (κ1) is 12.6. The maximum absolute atomic E-state index is 12.2. The van der Waals surface area contributed by atoms with Crippen LogP contribution in [0.2, 0.25) is 0 Å². The molecule has 0 amide bonds. The van der Waals surface area contributed by atoms with Crippen molar-refractivity contribution in [1.29, 1.82) is 0 Å². The van der Waals surface area contributed by atoms with Crippen molar-refractivity contribution in [3.05, 3.63) is 70.0 Å². The van der Waals surface area contributed by atoms with E-state index in [1.807, 2.05) is 42.5 Å². The lowest BCUT2D eigenvalue weighted by Crippen LogP contribution is -2.25. The molecule has 2 aromatic heterocycles. The molecule has 5 nitrogen and oxygen atoms in total. The number of para-hydroxylation sites is 1. The van der Waals surface area contributed by atoms with Crippen LogP contribution in [0.15, 0.2) is 64.5 Å². The molecule has 100 valence electrons. The fourth-order valence-corrected chi connectivity index (χ4v) is 2.67. The summed E-state index contributed by atoms with van der Waals surface area (Å²) in [5.41, 5.74) is 0.719. The summed E-state index contributed by atoms with van der Waals surface area (Å²) in [7, 11) is 1.71. The smallest absolute Gasteiger partial charge is 0.270 e. The number of pyridine rings is 1. The Morgan fingerprint density at radius 2 is 1.85 bits per heavy atom. The normalized spacial score (nSPS) is 11.8. The Bertz CT molecular complexity index is 831. The van der Waals surface area contributed by atoms with Gasteiger partial charge in [0, 0.05) is 13.2 Å². The van der Waals surface area contributed by atoms with Crippen molar-refractivity contribution in [2.45, 2.75) is 0 Å². The molecule has 0 unspecified atom stereocenters. The fraction of sp³-hybridized carbons (Fsp3) is 0.0714. The van der Waals surface area contributed by atoms with Crippen molar-refractivity contribution in [3.8, 4) is 5.69 Å². The Morgan fingerprint density at radius 1 is 1.10 bits per heavy atom. The second-order valence-corrected chi connectivity index (χ2v) is 5.06. The van der Waals surface area contributed by atoms with Crippen molar-refractivity contribution in [2.75, 3.05) is 0 Å². The van der Waals surface area contributed by atoms with Crippen molar-refractivity contribution < 1.29 is 0 Å². The zero-order valence-corrected chi connectivity index (χ0v) is 11.6. The molecule has 0 atom stereocenters. The average molecular weight is 284 g/mol. The topological polar surface area (TPSA) is 52.2 Å². The summed E-state index contributed by atoms with van der Waals surface area (Å²) in [5, 5.41) is 0. The zero-order chi connectivity index (χ0) is 13.9. The van der Waals surface area contributed by atoms with Gasteiger partial charge in [0.2, 0.25) is 4.80 Å². The number of aromatic nitrogens is 3. The van der Waals surface area contributed by atoms with E-state index in [9.17, 15) is 4.79 Å². The van der Waals surface area contributed by atoms with Gasteiger partial charge in [-0.25, -0.2) is 13.7 Å². The maximum Gasteiger partial charge on any atom is 0.344 e. The first-order valence-electron chi connectivity index (χ1n) is 6.06. The van der Waals surface area contributed by atoms with Gasteiger partial charge in [-0.15, -0.1) is 0 Å². The van der Waals surface area contributed by atoms with Crippen LogP contribution in [-0.2, 0) is 7.05 Å². The number of nitrogens with zero attached hydrogens (tertiary/aromatic N) is 4. The van der Waals surface area contributed by atoms with Gasteiger partial charge in [-0.2, -0.15) is 4.99 Å². The van der Waals surface area contributed by atoms with Gasteiger partial charge in [-0.05, 0) is 35.8 Å². The molecule has 0 saturated carbocycles. The molecule has 2 heterocycles. The lowest BCUT2D eigenvalue weighted by Gasteiger charge is -1.96. The van der Waals surface area contributed by atoms with Crippen LogP contribution in [0.1, 0.15) is 0 Å². The second kappa shape index (κ2) is 5.26. The molecule has 0 N–H and O–H groups in total. The molecule has 0 saturated heterocycles. The van der Waals surface area contributed by atoms with E-state index in [1.54, 1.807) is 23.3 Å². The molecular weight excluding hydrogens is 272 g/mol. The summed E-state index contributed by atoms with van der Waals surface area (Å²) >= 11 is 1.29. The van der Waals surface area contributed by atoms with Gasteiger partial charge in [0.25, 0.3) is 0 Å². The van der Waals surface area contributed by atoms with Crippen LogP contribution in [0.5, 0.6) is 0 Å². The van der Waals surface area contributed by atoms with E-state index in [1.165, 1.54) is 16.1 Å². The van der Waals surface area contributed by atoms with Gasteiger partial charge < -0.3 is 0 Å². The maximum atomic E-state index is 12.2. The number of rotatable bonds is 2. The zero-order valence-electron chi connectivity index (χ0n) is 10.8. The third kappa shape index (κ3) is 2.33. The third-order valence-electron chi connectivity index (χ3n) is 2.77. The minimum Gasteiger partial charge on any atom is -0.270 e. The van der Waals surface area contributed by atoms with E-state index in [0.717, 1.165) is 5.69 Å². The second-order valence-electron chi connectivity index (χ2n) is 4.15. The molecule has 20 heavy (non-hydrogen) atoms. The molecule has 0 aliphatic carbocycles. The standard InChI is InChI=1S/C14H12N4OS/c1-17-13(16-12-9-5-6-10-15-12)20-18(14(17)19)11-7-3-2-4-8-11/h2-10H,1H3/b16-13+. The Hall–Kier alpha value is -2.47. The molecule has 3 rings (SSSR count). The van der Waals surface area contributed by atoms with Gasteiger partial charge >= 0.3 is 5.69 Å². The molecule has 0 aliphatic rings. The van der Waals surface area contributed by atoms with E-state index in [2.05, 4.69) is 9.98 Å². The van der Waals surface area contributed by atoms with E-state index in [4.69, 9.17) is 0 Å².